The third-order valence-electron chi connectivity index (χ3n) is 3.56. The second-order valence-corrected chi connectivity index (χ2v) is 6.27. The second kappa shape index (κ2) is 6.16. The van der Waals surface area contributed by atoms with E-state index in [-0.39, 0.29) is 5.95 Å². The summed E-state index contributed by atoms with van der Waals surface area (Å²) in [6.45, 7) is 4.95. The number of fused-ring (bicyclic) bond motifs is 1. The summed E-state index contributed by atoms with van der Waals surface area (Å²) in [4.78, 5) is 8.10. The predicted molar refractivity (Wildman–Crippen MR) is 94.9 cm³/mol. The van der Waals surface area contributed by atoms with Gasteiger partial charge in [0.15, 0.2) is 5.82 Å². The van der Waals surface area contributed by atoms with E-state index < -0.39 is 11.7 Å². The predicted octanol–water partition coefficient (Wildman–Crippen LogP) is 1.36. The van der Waals surface area contributed by atoms with Gasteiger partial charge in [-0.15, -0.1) is 0 Å². The van der Waals surface area contributed by atoms with Crippen LogP contribution >= 0.6 is 0 Å². The minimum atomic E-state index is -1.13. The van der Waals surface area contributed by atoms with Crippen LogP contribution < -0.4 is 5.73 Å². The highest BCUT2D eigenvalue weighted by atomic mass is 16.3. The zero-order valence-electron chi connectivity index (χ0n) is 14.2. The van der Waals surface area contributed by atoms with Crippen LogP contribution in [0.15, 0.2) is 30.5 Å². The Morgan fingerprint density at radius 3 is 2.68 bits per heavy atom. The van der Waals surface area contributed by atoms with E-state index in [1.807, 2.05) is 18.2 Å². The van der Waals surface area contributed by atoms with Crippen molar-refractivity contribution >= 4 is 16.9 Å². The highest BCUT2D eigenvalue weighted by Gasteiger charge is 2.25. The van der Waals surface area contributed by atoms with E-state index in [2.05, 4.69) is 26.9 Å². The van der Waals surface area contributed by atoms with Gasteiger partial charge in [0.25, 0.3) is 0 Å². The van der Waals surface area contributed by atoms with Gasteiger partial charge in [-0.1, -0.05) is 11.8 Å². The lowest BCUT2D eigenvalue weighted by Crippen LogP contribution is -2.17. The Labute approximate surface area is 145 Å². The molecule has 25 heavy (non-hydrogen) atoms. The molecule has 0 spiro atoms. The molecule has 0 bridgehead atoms. The number of nitrogens with two attached hydrogens (primary N) is 1. The van der Waals surface area contributed by atoms with Crippen LogP contribution in [0.2, 0.25) is 0 Å². The standard InChI is InChI=1S/C18H19N5O2/c1-11(24)4-5-12-6-7-13-14(10-12)23(22-16(13)18(2,3)25)15-8-9-20-17(19)21-15/h6-11,24-25H,1-3H3,(H2,19,20,21)/t11-/m1/s1. The van der Waals surface area contributed by atoms with Crippen LogP contribution in [-0.2, 0) is 5.60 Å². The van der Waals surface area contributed by atoms with Crippen molar-refractivity contribution in [2.75, 3.05) is 5.73 Å². The Morgan fingerprint density at radius 2 is 2.04 bits per heavy atom. The van der Waals surface area contributed by atoms with Crippen molar-refractivity contribution in [3.05, 3.63) is 41.7 Å². The third-order valence-corrected chi connectivity index (χ3v) is 3.56. The van der Waals surface area contributed by atoms with Crippen LogP contribution in [0.25, 0.3) is 16.7 Å². The zero-order chi connectivity index (χ0) is 18.2. The molecule has 0 saturated heterocycles. The monoisotopic (exact) mass is 337 g/mol. The van der Waals surface area contributed by atoms with Gasteiger partial charge in [-0.3, -0.25) is 0 Å². The molecular weight excluding hydrogens is 318 g/mol. The van der Waals surface area contributed by atoms with Crippen LogP contribution in [0.4, 0.5) is 5.95 Å². The van der Waals surface area contributed by atoms with Crippen molar-refractivity contribution in [3.8, 4) is 17.7 Å². The van der Waals surface area contributed by atoms with Crippen molar-refractivity contribution < 1.29 is 10.2 Å². The minimum absolute atomic E-state index is 0.135. The summed E-state index contributed by atoms with van der Waals surface area (Å²) in [5.74, 6) is 6.26. The lowest BCUT2D eigenvalue weighted by molar-refractivity contribution is 0.0749. The van der Waals surface area contributed by atoms with Gasteiger partial charge in [-0.05, 0) is 39.0 Å². The number of hydrogen-bond donors (Lipinski definition) is 3. The van der Waals surface area contributed by atoms with Gasteiger partial charge in [0.05, 0.1) is 5.52 Å². The summed E-state index contributed by atoms with van der Waals surface area (Å²) in [5.41, 5.74) is 6.52. The Balaban J connectivity index is 2.27. The first-order valence-corrected chi connectivity index (χ1v) is 7.80. The molecule has 0 radical (unpaired) electrons. The third kappa shape index (κ3) is 3.45. The van der Waals surface area contributed by atoms with Crippen molar-refractivity contribution in [1.82, 2.24) is 19.7 Å². The highest BCUT2D eigenvalue weighted by Crippen LogP contribution is 2.29. The van der Waals surface area contributed by atoms with Crippen molar-refractivity contribution in [2.24, 2.45) is 0 Å². The van der Waals surface area contributed by atoms with Gasteiger partial charge >= 0.3 is 0 Å². The molecule has 0 amide bonds. The van der Waals surface area contributed by atoms with Crippen LogP contribution in [0.5, 0.6) is 0 Å². The molecule has 1 aromatic carbocycles. The van der Waals surface area contributed by atoms with Crippen LogP contribution in [0.1, 0.15) is 32.0 Å². The van der Waals surface area contributed by atoms with E-state index in [0.717, 1.165) is 16.5 Å². The SMILES string of the molecule is C[C@@H](O)C#Cc1ccc2c(C(C)(C)O)nn(-c3ccnc(N)n3)c2c1. The molecule has 0 unspecified atom stereocenters. The van der Waals surface area contributed by atoms with Crippen LogP contribution in [0, 0.1) is 11.8 Å². The lowest BCUT2D eigenvalue weighted by atomic mass is 10.0. The summed E-state index contributed by atoms with van der Waals surface area (Å²) in [6.07, 6.45) is 0.834. The fourth-order valence-corrected chi connectivity index (χ4v) is 2.49. The summed E-state index contributed by atoms with van der Waals surface area (Å²) in [5, 5.41) is 25.1. The summed E-state index contributed by atoms with van der Waals surface area (Å²) in [7, 11) is 0. The van der Waals surface area contributed by atoms with Gasteiger partial charge < -0.3 is 15.9 Å². The molecule has 0 saturated carbocycles. The van der Waals surface area contributed by atoms with Gasteiger partial charge in [0.1, 0.15) is 17.4 Å². The molecule has 7 nitrogen and oxygen atoms in total. The van der Waals surface area contributed by atoms with Crippen molar-refractivity contribution in [3.63, 3.8) is 0 Å². The van der Waals surface area contributed by atoms with E-state index in [1.165, 1.54) is 0 Å². The van der Waals surface area contributed by atoms with E-state index in [4.69, 9.17) is 5.73 Å². The number of nitrogen functional groups attached to an aromatic ring is 1. The summed E-state index contributed by atoms with van der Waals surface area (Å²) in [6, 6.07) is 7.20. The number of aromatic nitrogens is 4. The molecule has 3 aromatic rings. The number of anilines is 1. The van der Waals surface area contributed by atoms with Crippen LogP contribution in [-0.4, -0.2) is 36.1 Å². The van der Waals surface area contributed by atoms with E-state index in [0.29, 0.717) is 11.5 Å². The Kier molecular flexibility index (Phi) is 4.17. The molecule has 128 valence electrons. The van der Waals surface area contributed by atoms with E-state index >= 15 is 0 Å². The largest absolute Gasteiger partial charge is 0.384 e. The summed E-state index contributed by atoms with van der Waals surface area (Å²) >= 11 is 0. The normalized spacial score (nSPS) is 12.7. The average molecular weight is 337 g/mol. The molecule has 3 rings (SSSR count). The first kappa shape index (κ1) is 16.9. The highest BCUT2D eigenvalue weighted by molar-refractivity contribution is 5.85. The molecule has 2 aromatic heterocycles. The number of nitrogens with zero attached hydrogens (tertiary/aromatic N) is 4. The number of hydrogen-bond acceptors (Lipinski definition) is 6. The Morgan fingerprint density at radius 1 is 1.28 bits per heavy atom. The minimum Gasteiger partial charge on any atom is -0.384 e. The molecule has 0 aliphatic heterocycles. The van der Waals surface area contributed by atoms with E-state index in [9.17, 15) is 10.2 Å². The number of aliphatic hydroxyl groups excluding tert-OH is 1. The van der Waals surface area contributed by atoms with Gasteiger partial charge in [-0.2, -0.15) is 10.1 Å². The number of rotatable bonds is 2. The van der Waals surface area contributed by atoms with Gasteiger partial charge in [0.2, 0.25) is 5.95 Å². The summed E-state index contributed by atoms with van der Waals surface area (Å²) < 4.78 is 1.61. The fourth-order valence-electron chi connectivity index (χ4n) is 2.49. The zero-order valence-corrected chi connectivity index (χ0v) is 14.2. The lowest BCUT2D eigenvalue weighted by Gasteiger charge is -2.14. The molecule has 1 atom stereocenters. The van der Waals surface area contributed by atoms with Gasteiger partial charge in [-0.25, -0.2) is 9.67 Å². The van der Waals surface area contributed by atoms with Crippen molar-refractivity contribution in [2.45, 2.75) is 32.5 Å². The number of benzene rings is 1. The Hall–Kier alpha value is -2.95. The number of aliphatic hydroxyl groups is 2. The maximum Gasteiger partial charge on any atom is 0.221 e. The molecule has 2 heterocycles. The van der Waals surface area contributed by atoms with Crippen LogP contribution in [0.3, 0.4) is 0 Å². The molecule has 0 aliphatic carbocycles. The second-order valence-electron chi connectivity index (χ2n) is 6.27. The average Bonchev–Trinajstić information content (AvgIpc) is 2.92. The topological polar surface area (TPSA) is 110 Å². The first-order valence-electron chi connectivity index (χ1n) is 7.80. The van der Waals surface area contributed by atoms with E-state index in [1.54, 1.807) is 37.7 Å². The fraction of sp³-hybridized carbons (Fsp3) is 0.278. The smallest absolute Gasteiger partial charge is 0.221 e. The maximum absolute atomic E-state index is 10.5. The molecule has 7 heteroatoms. The van der Waals surface area contributed by atoms with Crippen molar-refractivity contribution in [1.29, 1.82) is 0 Å². The maximum atomic E-state index is 10.5. The Bertz CT molecular complexity index is 990. The molecule has 4 N–H and O–H groups in total. The molecule has 0 aliphatic rings. The van der Waals surface area contributed by atoms with Gasteiger partial charge in [0, 0.05) is 23.2 Å². The molecule has 0 fully saturated rings. The molecular formula is C18H19N5O2. The first-order chi connectivity index (χ1) is 11.8. The quantitative estimate of drug-likeness (QED) is 0.609.